The zero-order valence-corrected chi connectivity index (χ0v) is 7.06. The molecule has 1 rings (SSSR count). The number of nitrogens with zero attached hydrogens (tertiary/aromatic N) is 2. The van der Waals surface area contributed by atoms with Crippen LogP contribution in [0.15, 0.2) is 12.3 Å². The Morgan fingerprint density at radius 1 is 1.71 bits per heavy atom. The normalized spacial score (nSPS) is 9.57. The molecule has 0 saturated heterocycles. The van der Waals surface area contributed by atoms with Crippen LogP contribution >= 0.6 is 0 Å². The van der Waals surface area contributed by atoms with Gasteiger partial charge in [0.25, 0.3) is 0 Å². The standard InChI is InChI=1S/C7H5FN2O4/c1-14-7(11)4-2-5(8)6(9-3-4)10(12)13/h2-3H,1H3. The first-order valence-corrected chi connectivity index (χ1v) is 3.44. The Labute approximate surface area is 77.5 Å². The number of hydrogen-bond acceptors (Lipinski definition) is 5. The van der Waals surface area contributed by atoms with E-state index in [1.54, 1.807) is 0 Å². The fourth-order valence-electron chi connectivity index (χ4n) is 0.795. The molecule has 74 valence electrons. The van der Waals surface area contributed by atoms with Crippen LogP contribution in [0.1, 0.15) is 10.4 Å². The lowest BCUT2D eigenvalue weighted by atomic mass is 10.3. The molecule has 1 aromatic heterocycles. The van der Waals surface area contributed by atoms with Gasteiger partial charge in [-0.3, -0.25) is 0 Å². The van der Waals surface area contributed by atoms with E-state index in [2.05, 4.69) is 9.72 Å². The maximum atomic E-state index is 12.9. The number of carbonyl (C=O) groups excluding carboxylic acids is 1. The highest BCUT2D eigenvalue weighted by Crippen LogP contribution is 2.14. The highest BCUT2D eigenvalue weighted by atomic mass is 19.1. The molecule has 14 heavy (non-hydrogen) atoms. The summed E-state index contributed by atoms with van der Waals surface area (Å²) in [5.74, 6) is -2.89. The van der Waals surface area contributed by atoms with Crippen LogP contribution in [0.4, 0.5) is 10.2 Å². The van der Waals surface area contributed by atoms with E-state index in [1.807, 2.05) is 0 Å². The fourth-order valence-corrected chi connectivity index (χ4v) is 0.795. The van der Waals surface area contributed by atoms with Crippen LogP contribution in [-0.2, 0) is 4.74 Å². The SMILES string of the molecule is COC(=O)c1cnc([N+](=O)[O-])c(F)c1. The van der Waals surface area contributed by atoms with Crippen molar-refractivity contribution in [3.63, 3.8) is 0 Å². The molecule has 0 bridgehead atoms. The number of halogens is 1. The lowest BCUT2D eigenvalue weighted by Crippen LogP contribution is -2.04. The fraction of sp³-hybridized carbons (Fsp3) is 0.143. The third kappa shape index (κ3) is 1.82. The van der Waals surface area contributed by atoms with Crippen molar-refractivity contribution in [3.05, 3.63) is 33.8 Å². The molecule has 0 amide bonds. The minimum absolute atomic E-state index is 0.171. The zero-order valence-electron chi connectivity index (χ0n) is 7.06. The van der Waals surface area contributed by atoms with Crippen molar-refractivity contribution in [2.45, 2.75) is 0 Å². The minimum atomic E-state index is -1.17. The minimum Gasteiger partial charge on any atom is -0.465 e. The van der Waals surface area contributed by atoms with Crippen molar-refractivity contribution in [2.75, 3.05) is 7.11 Å². The van der Waals surface area contributed by atoms with E-state index in [4.69, 9.17) is 0 Å². The van der Waals surface area contributed by atoms with Crippen LogP contribution in [0.3, 0.4) is 0 Å². The first kappa shape index (κ1) is 10.0. The maximum absolute atomic E-state index is 12.9. The summed E-state index contributed by atoms with van der Waals surface area (Å²) in [7, 11) is 1.11. The number of pyridine rings is 1. The summed E-state index contributed by atoms with van der Waals surface area (Å²) in [6, 6.07) is 0.705. The van der Waals surface area contributed by atoms with Crippen molar-refractivity contribution < 1.29 is 18.8 Å². The van der Waals surface area contributed by atoms with Gasteiger partial charge in [-0.1, -0.05) is 0 Å². The number of esters is 1. The van der Waals surface area contributed by atoms with E-state index in [0.29, 0.717) is 6.07 Å². The van der Waals surface area contributed by atoms with Gasteiger partial charge in [0.15, 0.2) is 6.20 Å². The number of ether oxygens (including phenoxy) is 1. The summed E-state index contributed by atoms with van der Waals surface area (Å²) < 4.78 is 17.2. The molecule has 1 heterocycles. The van der Waals surface area contributed by atoms with Crippen molar-refractivity contribution in [2.24, 2.45) is 0 Å². The van der Waals surface area contributed by atoms with Crippen LogP contribution < -0.4 is 0 Å². The summed E-state index contributed by atoms with van der Waals surface area (Å²) in [5.41, 5.74) is -0.171. The molecule has 0 spiro atoms. The van der Waals surface area contributed by atoms with E-state index >= 15 is 0 Å². The number of hydrogen-bond donors (Lipinski definition) is 0. The Bertz CT molecular complexity index is 393. The third-order valence-electron chi connectivity index (χ3n) is 1.42. The molecule has 0 radical (unpaired) electrons. The van der Waals surface area contributed by atoms with E-state index in [9.17, 15) is 19.3 Å². The predicted octanol–water partition coefficient (Wildman–Crippen LogP) is 0.915. The average molecular weight is 200 g/mol. The Morgan fingerprint density at radius 2 is 2.36 bits per heavy atom. The summed E-state index contributed by atoms with van der Waals surface area (Å²) in [4.78, 5) is 23.2. The summed E-state index contributed by atoms with van der Waals surface area (Å²) in [6.45, 7) is 0. The van der Waals surface area contributed by atoms with Crippen LogP contribution in [0.2, 0.25) is 0 Å². The van der Waals surface area contributed by atoms with Crippen molar-refractivity contribution >= 4 is 11.8 Å². The molecule has 1 aromatic rings. The molecule has 0 aliphatic heterocycles. The molecule has 6 nitrogen and oxygen atoms in total. The van der Waals surface area contributed by atoms with E-state index < -0.39 is 22.5 Å². The van der Waals surface area contributed by atoms with Crippen molar-refractivity contribution in [1.82, 2.24) is 4.98 Å². The monoisotopic (exact) mass is 200 g/mol. The molecule has 0 aliphatic rings. The molecule has 0 aromatic carbocycles. The smallest absolute Gasteiger partial charge is 0.399 e. The molecule has 0 atom stereocenters. The van der Waals surface area contributed by atoms with Gasteiger partial charge in [-0.25, -0.2) is 4.79 Å². The Hall–Kier alpha value is -2.05. The molecule has 0 fully saturated rings. The van der Waals surface area contributed by atoms with Gasteiger partial charge < -0.3 is 14.9 Å². The first-order chi connectivity index (χ1) is 6.56. The largest absolute Gasteiger partial charge is 0.465 e. The Kier molecular flexibility index (Phi) is 2.70. The van der Waals surface area contributed by atoms with Crippen LogP contribution in [0, 0.1) is 15.9 Å². The van der Waals surface area contributed by atoms with Gasteiger partial charge >= 0.3 is 11.8 Å². The molecular formula is C7H5FN2O4. The number of methoxy groups -OCH3 is 1. The van der Waals surface area contributed by atoms with Crippen LogP contribution in [0.25, 0.3) is 0 Å². The van der Waals surface area contributed by atoms with E-state index in [-0.39, 0.29) is 5.56 Å². The number of aromatic nitrogens is 1. The maximum Gasteiger partial charge on any atom is 0.399 e. The van der Waals surface area contributed by atoms with E-state index in [1.165, 1.54) is 0 Å². The number of nitro groups is 1. The zero-order chi connectivity index (χ0) is 10.7. The second kappa shape index (κ2) is 3.77. The van der Waals surface area contributed by atoms with Crippen molar-refractivity contribution in [1.29, 1.82) is 0 Å². The Morgan fingerprint density at radius 3 is 2.79 bits per heavy atom. The van der Waals surface area contributed by atoms with Gasteiger partial charge in [-0.15, -0.1) is 0 Å². The highest BCUT2D eigenvalue weighted by molar-refractivity contribution is 5.89. The molecule has 0 unspecified atom stereocenters. The molecule has 0 saturated carbocycles. The second-order valence-electron chi connectivity index (χ2n) is 2.28. The van der Waals surface area contributed by atoms with Crippen molar-refractivity contribution in [3.8, 4) is 0 Å². The van der Waals surface area contributed by atoms with Crippen LogP contribution in [-0.4, -0.2) is 23.0 Å². The summed E-state index contributed by atoms with van der Waals surface area (Å²) >= 11 is 0. The molecule has 0 aliphatic carbocycles. The van der Waals surface area contributed by atoms with Gasteiger partial charge in [0, 0.05) is 6.07 Å². The lowest BCUT2D eigenvalue weighted by molar-refractivity contribution is -0.392. The average Bonchev–Trinajstić information content (AvgIpc) is 2.15. The van der Waals surface area contributed by atoms with Gasteiger partial charge in [-0.05, 0) is 9.91 Å². The van der Waals surface area contributed by atoms with Crippen LogP contribution in [0.5, 0.6) is 0 Å². The topological polar surface area (TPSA) is 82.3 Å². The van der Waals surface area contributed by atoms with Gasteiger partial charge in [0.1, 0.15) is 5.56 Å². The van der Waals surface area contributed by atoms with Gasteiger partial charge in [0.2, 0.25) is 5.82 Å². The van der Waals surface area contributed by atoms with E-state index in [0.717, 1.165) is 13.3 Å². The highest BCUT2D eigenvalue weighted by Gasteiger charge is 2.19. The second-order valence-corrected chi connectivity index (χ2v) is 2.28. The third-order valence-corrected chi connectivity index (χ3v) is 1.42. The predicted molar refractivity (Wildman–Crippen MR) is 42.2 cm³/mol. The quantitative estimate of drug-likeness (QED) is 0.402. The Balaban J connectivity index is 3.12. The van der Waals surface area contributed by atoms with Gasteiger partial charge in [-0.2, -0.15) is 4.39 Å². The lowest BCUT2D eigenvalue weighted by Gasteiger charge is -1.97. The molecular weight excluding hydrogens is 195 g/mol. The number of rotatable bonds is 2. The summed E-state index contributed by atoms with van der Waals surface area (Å²) in [6.07, 6.45) is 0.882. The first-order valence-electron chi connectivity index (χ1n) is 3.44. The van der Waals surface area contributed by atoms with Gasteiger partial charge in [0.05, 0.1) is 7.11 Å². The molecule has 0 N–H and O–H groups in total. The number of carbonyl (C=O) groups is 1. The molecule has 7 heteroatoms. The summed E-state index contributed by atoms with van der Waals surface area (Å²) in [5, 5.41) is 10.2.